The number of hydrogen-bond donors (Lipinski definition) is 1. The molecule has 1 atom stereocenters. The fraction of sp³-hybridized carbons (Fsp3) is 0.600. The van der Waals surface area contributed by atoms with Crippen molar-refractivity contribution in [2.45, 2.75) is 70.8 Å². The van der Waals surface area contributed by atoms with Gasteiger partial charge in [0.2, 0.25) is 0 Å². The van der Waals surface area contributed by atoms with Crippen molar-refractivity contribution in [2.75, 3.05) is 6.61 Å². The quantitative estimate of drug-likeness (QED) is 0.286. The Labute approximate surface area is 171 Å². The second kappa shape index (κ2) is 11.2. The summed E-state index contributed by atoms with van der Waals surface area (Å²) in [6, 6.07) is -0.767. The third kappa shape index (κ3) is 8.23. The Morgan fingerprint density at radius 2 is 1.57 bits per heavy atom. The SMILES string of the molecule is CCCCCCCCOC(=O)C(C)NC(=O)c1cc(C(F)(F)F)ccc1C(F)(F)F. The molecular formula is C20H25F6NO3. The average Bonchev–Trinajstić information content (AvgIpc) is 2.65. The van der Waals surface area contributed by atoms with E-state index >= 15 is 0 Å². The van der Waals surface area contributed by atoms with E-state index in [9.17, 15) is 35.9 Å². The summed E-state index contributed by atoms with van der Waals surface area (Å²) in [5, 5.41) is 1.98. The Bertz CT molecular complexity index is 715. The molecule has 1 aromatic carbocycles. The van der Waals surface area contributed by atoms with Gasteiger partial charge in [0.1, 0.15) is 6.04 Å². The molecule has 10 heteroatoms. The number of nitrogens with one attached hydrogen (secondary N) is 1. The summed E-state index contributed by atoms with van der Waals surface area (Å²) < 4.78 is 82.8. The van der Waals surface area contributed by atoms with E-state index in [-0.39, 0.29) is 24.8 Å². The van der Waals surface area contributed by atoms with E-state index < -0.39 is 47.0 Å². The van der Waals surface area contributed by atoms with E-state index in [1.54, 1.807) is 0 Å². The zero-order valence-corrected chi connectivity index (χ0v) is 16.8. The van der Waals surface area contributed by atoms with E-state index in [1.165, 1.54) is 6.92 Å². The summed E-state index contributed by atoms with van der Waals surface area (Å²) >= 11 is 0. The van der Waals surface area contributed by atoms with Gasteiger partial charge in [0.15, 0.2) is 0 Å². The number of rotatable bonds is 10. The minimum Gasteiger partial charge on any atom is -0.464 e. The highest BCUT2D eigenvalue weighted by Gasteiger charge is 2.39. The minimum atomic E-state index is -5.04. The van der Waals surface area contributed by atoms with Crippen LogP contribution in [0.15, 0.2) is 18.2 Å². The van der Waals surface area contributed by atoms with Crippen LogP contribution in [0.2, 0.25) is 0 Å². The number of ether oxygens (including phenoxy) is 1. The molecule has 4 nitrogen and oxygen atoms in total. The highest BCUT2D eigenvalue weighted by Crippen LogP contribution is 2.36. The normalized spacial score (nSPS) is 13.1. The number of esters is 1. The summed E-state index contributed by atoms with van der Waals surface area (Å²) in [5.41, 5.74) is -4.15. The van der Waals surface area contributed by atoms with E-state index in [0.29, 0.717) is 6.42 Å². The van der Waals surface area contributed by atoms with Crippen molar-refractivity contribution in [3.63, 3.8) is 0 Å². The lowest BCUT2D eigenvalue weighted by atomic mass is 10.0. The van der Waals surface area contributed by atoms with Gasteiger partial charge in [0.25, 0.3) is 5.91 Å². The molecule has 0 saturated heterocycles. The number of hydrogen-bond acceptors (Lipinski definition) is 3. The zero-order valence-electron chi connectivity index (χ0n) is 16.8. The molecule has 0 fully saturated rings. The third-order valence-corrected chi connectivity index (χ3v) is 4.34. The topological polar surface area (TPSA) is 55.4 Å². The molecule has 0 aliphatic rings. The van der Waals surface area contributed by atoms with Crippen LogP contribution in [0.5, 0.6) is 0 Å². The maximum atomic E-state index is 13.1. The van der Waals surface area contributed by atoms with Crippen LogP contribution in [-0.4, -0.2) is 24.5 Å². The summed E-state index contributed by atoms with van der Waals surface area (Å²) in [4.78, 5) is 24.1. The lowest BCUT2D eigenvalue weighted by molar-refractivity contribution is -0.145. The number of amides is 1. The molecule has 0 radical (unpaired) electrons. The van der Waals surface area contributed by atoms with Crippen LogP contribution in [0.25, 0.3) is 0 Å². The molecule has 170 valence electrons. The standard InChI is InChI=1S/C20H25F6NO3/c1-3-4-5-6-7-8-11-30-18(29)13(2)27-17(28)15-12-14(19(21,22)23)9-10-16(15)20(24,25)26/h9-10,12-13H,3-8,11H2,1-2H3,(H,27,28). The molecule has 0 heterocycles. The lowest BCUT2D eigenvalue weighted by Gasteiger charge is -2.18. The van der Waals surface area contributed by atoms with Crippen LogP contribution in [0.4, 0.5) is 26.3 Å². The van der Waals surface area contributed by atoms with Crippen LogP contribution >= 0.6 is 0 Å². The van der Waals surface area contributed by atoms with Gasteiger partial charge in [-0.15, -0.1) is 0 Å². The number of unbranched alkanes of at least 4 members (excludes halogenated alkanes) is 5. The second-order valence-electron chi connectivity index (χ2n) is 6.89. The average molecular weight is 441 g/mol. The number of carbonyl (C=O) groups is 2. The first-order valence-corrected chi connectivity index (χ1v) is 9.63. The Balaban J connectivity index is 2.75. The van der Waals surface area contributed by atoms with Gasteiger partial charge in [0, 0.05) is 0 Å². The maximum absolute atomic E-state index is 13.1. The number of alkyl halides is 6. The molecule has 1 aromatic rings. The van der Waals surface area contributed by atoms with Crippen molar-refractivity contribution in [1.82, 2.24) is 5.32 Å². The van der Waals surface area contributed by atoms with Crippen LogP contribution in [0, 0.1) is 0 Å². The Hall–Kier alpha value is -2.26. The van der Waals surface area contributed by atoms with Gasteiger partial charge in [-0.1, -0.05) is 39.0 Å². The van der Waals surface area contributed by atoms with Crippen molar-refractivity contribution in [3.05, 3.63) is 34.9 Å². The first-order chi connectivity index (χ1) is 13.9. The summed E-state index contributed by atoms with van der Waals surface area (Å²) in [6.45, 7) is 3.35. The van der Waals surface area contributed by atoms with E-state index in [0.717, 1.165) is 32.1 Å². The summed E-state index contributed by atoms with van der Waals surface area (Å²) in [7, 11) is 0. The monoisotopic (exact) mass is 441 g/mol. The molecule has 30 heavy (non-hydrogen) atoms. The van der Waals surface area contributed by atoms with Crippen molar-refractivity contribution in [3.8, 4) is 0 Å². The molecular weight excluding hydrogens is 416 g/mol. The predicted molar refractivity (Wildman–Crippen MR) is 97.7 cm³/mol. The number of carbonyl (C=O) groups excluding carboxylic acids is 2. The number of halogens is 6. The number of benzene rings is 1. The molecule has 1 unspecified atom stereocenters. The fourth-order valence-corrected chi connectivity index (χ4v) is 2.67. The predicted octanol–water partition coefficient (Wildman–Crippen LogP) is 5.75. The molecule has 1 amide bonds. The molecule has 0 bridgehead atoms. The highest BCUT2D eigenvalue weighted by atomic mass is 19.4. The van der Waals surface area contributed by atoms with Gasteiger partial charge in [0.05, 0.1) is 23.3 Å². The van der Waals surface area contributed by atoms with Gasteiger partial charge >= 0.3 is 18.3 Å². The minimum absolute atomic E-state index is 0.0858. The molecule has 0 aromatic heterocycles. The summed E-state index contributed by atoms with van der Waals surface area (Å²) in [6.07, 6.45) is -4.29. The van der Waals surface area contributed by atoms with Gasteiger partial charge in [-0.3, -0.25) is 4.79 Å². The lowest BCUT2D eigenvalue weighted by Crippen LogP contribution is -2.40. The van der Waals surface area contributed by atoms with Gasteiger partial charge in [-0.2, -0.15) is 26.3 Å². The van der Waals surface area contributed by atoms with Gasteiger partial charge in [-0.05, 0) is 31.5 Å². The smallest absolute Gasteiger partial charge is 0.417 e. The molecule has 0 aliphatic carbocycles. The van der Waals surface area contributed by atoms with Crippen molar-refractivity contribution < 1.29 is 40.7 Å². The van der Waals surface area contributed by atoms with Crippen LogP contribution in [0.1, 0.15) is 73.9 Å². The van der Waals surface area contributed by atoms with Crippen LogP contribution in [-0.2, 0) is 21.9 Å². The highest BCUT2D eigenvalue weighted by molar-refractivity contribution is 5.98. The second-order valence-corrected chi connectivity index (χ2v) is 6.89. The largest absolute Gasteiger partial charge is 0.464 e. The zero-order chi connectivity index (χ0) is 22.9. The van der Waals surface area contributed by atoms with E-state index in [2.05, 4.69) is 6.92 Å². The molecule has 0 spiro atoms. The van der Waals surface area contributed by atoms with Crippen molar-refractivity contribution >= 4 is 11.9 Å². The van der Waals surface area contributed by atoms with Crippen LogP contribution in [0.3, 0.4) is 0 Å². The Morgan fingerprint density at radius 1 is 0.967 bits per heavy atom. The van der Waals surface area contributed by atoms with Gasteiger partial charge in [-0.25, -0.2) is 4.79 Å². The van der Waals surface area contributed by atoms with Crippen LogP contribution < -0.4 is 5.32 Å². The third-order valence-electron chi connectivity index (χ3n) is 4.34. The Morgan fingerprint density at radius 3 is 2.13 bits per heavy atom. The van der Waals surface area contributed by atoms with Crippen molar-refractivity contribution in [2.24, 2.45) is 0 Å². The first kappa shape index (κ1) is 25.8. The first-order valence-electron chi connectivity index (χ1n) is 9.63. The molecule has 1 rings (SSSR count). The van der Waals surface area contributed by atoms with E-state index in [1.807, 2.05) is 5.32 Å². The molecule has 0 aliphatic heterocycles. The van der Waals surface area contributed by atoms with Crippen molar-refractivity contribution in [1.29, 1.82) is 0 Å². The van der Waals surface area contributed by atoms with E-state index in [4.69, 9.17) is 4.74 Å². The Kier molecular flexibility index (Phi) is 9.64. The maximum Gasteiger partial charge on any atom is 0.417 e. The fourth-order valence-electron chi connectivity index (χ4n) is 2.67. The van der Waals surface area contributed by atoms with Gasteiger partial charge < -0.3 is 10.1 Å². The summed E-state index contributed by atoms with van der Waals surface area (Å²) in [5.74, 6) is -2.32. The molecule has 0 saturated carbocycles. The molecule has 1 N–H and O–H groups in total.